The third-order valence-corrected chi connectivity index (χ3v) is 3.13. The second-order valence-corrected chi connectivity index (χ2v) is 4.18. The number of hydrogen-bond donors (Lipinski definition) is 1. The van der Waals surface area contributed by atoms with Crippen molar-refractivity contribution < 1.29 is 9.90 Å². The van der Waals surface area contributed by atoms with Crippen LogP contribution in [0.15, 0.2) is 21.1 Å². The van der Waals surface area contributed by atoms with E-state index in [1.54, 1.807) is 19.1 Å². The van der Waals surface area contributed by atoms with Crippen molar-refractivity contribution in [2.45, 2.75) is 13.3 Å². The van der Waals surface area contributed by atoms with Crippen LogP contribution in [0.1, 0.15) is 23.7 Å². The van der Waals surface area contributed by atoms with E-state index in [2.05, 4.69) is 31.9 Å². The van der Waals surface area contributed by atoms with Gasteiger partial charge in [-0.05, 0) is 44.0 Å². The summed E-state index contributed by atoms with van der Waals surface area (Å²) in [6.07, 6.45) is 0.430. The lowest BCUT2D eigenvalue weighted by atomic mass is 10.1. The largest absolute Gasteiger partial charge is 0.506 e. The topological polar surface area (TPSA) is 37.3 Å². The molecular weight excluding hydrogens is 300 g/mol. The highest BCUT2D eigenvalue weighted by Crippen LogP contribution is 2.35. The van der Waals surface area contributed by atoms with Crippen LogP contribution in [0.4, 0.5) is 0 Å². The van der Waals surface area contributed by atoms with Crippen LogP contribution in [-0.4, -0.2) is 10.9 Å². The second-order valence-electron chi connectivity index (χ2n) is 2.53. The lowest BCUT2D eigenvalue weighted by Gasteiger charge is -2.05. The molecule has 0 aromatic heterocycles. The summed E-state index contributed by atoms with van der Waals surface area (Å²) < 4.78 is 1.03. The molecule has 0 aliphatic carbocycles. The lowest BCUT2D eigenvalue weighted by Crippen LogP contribution is -1.97. The molecule has 1 aromatic rings. The van der Waals surface area contributed by atoms with Gasteiger partial charge in [-0.3, -0.25) is 4.79 Å². The van der Waals surface area contributed by atoms with Gasteiger partial charge in [-0.15, -0.1) is 0 Å². The maximum atomic E-state index is 11.3. The molecule has 0 saturated heterocycles. The molecule has 0 fully saturated rings. The summed E-state index contributed by atoms with van der Waals surface area (Å²) >= 11 is 6.33. The first kappa shape index (κ1) is 10.7. The fraction of sp³-hybridized carbons (Fsp3) is 0.222. The molecule has 0 aliphatic rings. The van der Waals surface area contributed by atoms with Crippen LogP contribution in [-0.2, 0) is 0 Å². The van der Waals surface area contributed by atoms with E-state index in [-0.39, 0.29) is 11.5 Å². The molecule has 2 nitrogen and oxygen atoms in total. The Bertz CT molecular complexity index is 348. The summed E-state index contributed by atoms with van der Waals surface area (Å²) in [5, 5.41) is 9.49. The summed E-state index contributed by atoms with van der Waals surface area (Å²) in [4.78, 5) is 11.3. The van der Waals surface area contributed by atoms with Gasteiger partial charge in [-0.1, -0.05) is 6.92 Å². The summed E-state index contributed by atoms with van der Waals surface area (Å²) in [5.41, 5.74) is 0.517. The molecule has 4 heteroatoms. The molecule has 0 bridgehead atoms. The number of halogens is 2. The minimum Gasteiger partial charge on any atom is -0.506 e. The molecule has 13 heavy (non-hydrogen) atoms. The standard InChI is InChI=1S/C9H8Br2O2/c1-2-7(12)5-3-4-6(10)9(13)8(5)11/h3-4,13H,2H2,1H3. The van der Waals surface area contributed by atoms with Crippen molar-refractivity contribution in [3.05, 3.63) is 26.6 Å². The SMILES string of the molecule is CCC(=O)c1ccc(Br)c(O)c1Br. The van der Waals surface area contributed by atoms with E-state index in [1.165, 1.54) is 0 Å². The molecule has 0 spiro atoms. The molecular formula is C9H8Br2O2. The number of Topliss-reactive ketones (excluding diaryl/α,β-unsaturated/α-hetero) is 1. The number of hydrogen-bond acceptors (Lipinski definition) is 2. The molecule has 0 heterocycles. The highest BCUT2D eigenvalue weighted by Gasteiger charge is 2.13. The van der Waals surface area contributed by atoms with Gasteiger partial charge in [0.05, 0.1) is 8.95 Å². The zero-order valence-electron chi connectivity index (χ0n) is 6.97. The van der Waals surface area contributed by atoms with Gasteiger partial charge in [0.2, 0.25) is 0 Å². The Hall–Kier alpha value is -0.350. The van der Waals surface area contributed by atoms with Gasteiger partial charge in [-0.25, -0.2) is 0 Å². The number of rotatable bonds is 2. The van der Waals surface area contributed by atoms with Crippen LogP contribution >= 0.6 is 31.9 Å². The quantitative estimate of drug-likeness (QED) is 0.849. The van der Waals surface area contributed by atoms with Gasteiger partial charge in [0.1, 0.15) is 5.75 Å². The van der Waals surface area contributed by atoms with Gasteiger partial charge in [0, 0.05) is 12.0 Å². The minimum absolute atomic E-state index is 0.00896. The van der Waals surface area contributed by atoms with Crippen molar-refractivity contribution in [3.63, 3.8) is 0 Å². The molecule has 0 aliphatic heterocycles. The summed E-state index contributed by atoms with van der Waals surface area (Å²) in [5.74, 6) is 0.0778. The Morgan fingerprint density at radius 2 is 2.08 bits per heavy atom. The van der Waals surface area contributed by atoms with Gasteiger partial charge in [0.25, 0.3) is 0 Å². The van der Waals surface area contributed by atoms with E-state index in [9.17, 15) is 9.90 Å². The van der Waals surface area contributed by atoms with Gasteiger partial charge in [-0.2, -0.15) is 0 Å². The first-order chi connectivity index (χ1) is 6.07. The number of benzene rings is 1. The van der Waals surface area contributed by atoms with E-state index in [1.807, 2.05) is 0 Å². The Balaban J connectivity index is 3.26. The molecule has 0 atom stereocenters. The van der Waals surface area contributed by atoms with Crippen LogP contribution in [0.5, 0.6) is 5.75 Å². The number of carbonyl (C=O) groups excluding carboxylic acids is 1. The number of carbonyl (C=O) groups is 1. The second kappa shape index (κ2) is 4.24. The Morgan fingerprint density at radius 1 is 1.46 bits per heavy atom. The number of phenolic OH excluding ortho intramolecular Hbond substituents is 1. The Labute approximate surface area is 93.2 Å². The molecule has 1 rings (SSSR count). The summed E-state index contributed by atoms with van der Waals surface area (Å²) in [6, 6.07) is 3.34. The maximum absolute atomic E-state index is 11.3. The third-order valence-electron chi connectivity index (χ3n) is 1.69. The van der Waals surface area contributed by atoms with Crippen LogP contribution in [0.25, 0.3) is 0 Å². The molecule has 0 unspecified atom stereocenters. The molecule has 1 aromatic carbocycles. The fourth-order valence-corrected chi connectivity index (χ4v) is 2.11. The molecule has 70 valence electrons. The summed E-state index contributed by atoms with van der Waals surface area (Å²) in [7, 11) is 0. The van der Waals surface area contributed by atoms with Crippen molar-refractivity contribution in [3.8, 4) is 5.75 Å². The smallest absolute Gasteiger partial charge is 0.163 e. The fourth-order valence-electron chi connectivity index (χ4n) is 0.947. The predicted molar refractivity (Wildman–Crippen MR) is 58.1 cm³/mol. The van der Waals surface area contributed by atoms with Crippen molar-refractivity contribution in [1.29, 1.82) is 0 Å². The minimum atomic E-state index is 0.00896. The average molecular weight is 308 g/mol. The van der Waals surface area contributed by atoms with Gasteiger partial charge in [0.15, 0.2) is 5.78 Å². The van der Waals surface area contributed by atoms with Gasteiger partial charge < -0.3 is 5.11 Å². The molecule has 0 saturated carbocycles. The van der Waals surface area contributed by atoms with Crippen molar-refractivity contribution in [1.82, 2.24) is 0 Å². The first-order valence-corrected chi connectivity index (χ1v) is 5.36. The van der Waals surface area contributed by atoms with Crippen LogP contribution < -0.4 is 0 Å². The van der Waals surface area contributed by atoms with Crippen LogP contribution in [0, 0.1) is 0 Å². The number of ketones is 1. The third kappa shape index (κ3) is 2.11. The summed E-state index contributed by atoms with van der Waals surface area (Å²) in [6.45, 7) is 1.79. The van der Waals surface area contributed by atoms with Crippen LogP contribution in [0.3, 0.4) is 0 Å². The maximum Gasteiger partial charge on any atom is 0.163 e. The average Bonchev–Trinajstić information content (AvgIpc) is 2.13. The zero-order valence-corrected chi connectivity index (χ0v) is 10.1. The molecule has 0 radical (unpaired) electrons. The van der Waals surface area contributed by atoms with E-state index in [4.69, 9.17) is 0 Å². The monoisotopic (exact) mass is 306 g/mol. The first-order valence-electron chi connectivity index (χ1n) is 3.78. The Kier molecular flexibility index (Phi) is 3.50. The molecule has 0 amide bonds. The normalized spacial score (nSPS) is 10.1. The number of aromatic hydroxyl groups is 1. The highest BCUT2D eigenvalue weighted by molar-refractivity contribution is 9.11. The van der Waals surface area contributed by atoms with E-state index < -0.39 is 0 Å². The zero-order chi connectivity index (χ0) is 10.0. The van der Waals surface area contributed by atoms with Crippen molar-refractivity contribution in [2.75, 3.05) is 0 Å². The van der Waals surface area contributed by atoms with E-state index in [0.29, 0.717) is 20.9 Å². The molecule has 1 N–H and O–H groups in total. The van der Waals surface area contributed by atoms with Crippen LogP contribution in [0.2, 0.25) is 0 Å². The van der Waals surface area contributed by atoms with Gasteiger partial charge >= 0.3 is 0 Å². The van der Waals surface area contributed by atoms with E-state index >= 15 is 0 Å². The van der Waals surface area contributed by atoms with E-state index in [0.717, 1.165) is 0 Å². The predicted octanol–water partition coefficient (Wildman–Crippen LogP) is 3.51. The highest BCUT2D eigenvalue weighted by atomic mass is 79.9. The Morgan fingerprint density at radius 3 is 2.62 bits per heavy atom. The van der Waals surface area contributed by atoms with Crippen molar-refractivity contribution in [2.24, 2.45) is 0 Å². The van der Waals surface area contributed by atoms with Crippen molar-refractivity contribution >= 4 is 37.6 Å². The number of phenols is 1. The lowest BCUT2D eigenvalue weighted by molar-refractivity contribution is 0.0987.